The van der Waals surface area contributed by atoms with E-state index in [0.717, 1.165) is 22.8 Å². The molecule has 1 aromatic heterocycles. The molecule has 4 nitrogen and oxygen atoms in total. The van der Waals surface area contributed by atoms with Crippen LogP contribution in [0.25, 0.3) is 5.69 Å². The molecule has 0 saturated carbocycles. The molecular weight excluding hydrogens is 310 g/mol. The number of carbonyl (C=O) groups is 1. The van der Waals surface area contributed by atoms with Crippen molar-refractivity contribution in [3.8, 4) is 11.4 Å². The lowest BCUT2D eigenvalue weighted by molar-refractivity contribution is 0.104. The van der Waals surface area contributed by atoms with Crippen LogP contribution in [0.2, 0.25) is 0 Å². The number of hydrogen-bond acceptors (Lipinski definition) is 4. The molecule has 3 rings (SSSR count). The highest BCUT2D eigenvalue weighted by Gasteiger charge is 2.15. The molecule has 23 heavy (non-hydrogen) atoms. The van der Waals surface area contributed by atoms with Crippen LogP contribution in [-0.4, -0.2) is 16.8 Å². The first-order valence-electron chi connectivity index (χ1n) is 7.07. The second kappa shape index (κ2) is 6.22. The van der Waals surface area contributed by atoms with E-state index in [1.165, 1.54) is 10.0 Å². The van der Waals surface area contributed by atoms with Gasteiger partial charge in [-0.25, -0.2) is 3.96 Å². The zero-order valence-electron chi connectivity index (χ0n) is 12.8. The maximum absolute atomic E-state index is 12.5. The van der Waals surface area contributed by atoms with Crippen LogP contribution in [-0.2, 0) is 0 Å². The first-order valence-corrected chi connectivity index (χ1v) is 7.85. The molecule has 1 heterocycles. The van der Waals surface area contributed by atoms with E-state index >= 15 is 0 Å². The van der Waals surface area contributed by atoms with E-state index in [9.17, 15) is 9.59 Å². The van der Waals surface area contributed by atoms with Crippen LogP contribution in [0.4, 0.5) is 0 Å². The van der Waals surface area contributed by atoms with Gasteiger partial charge in [0.1, 0.15) is 5.75 Å². The normalized spacial score (nSPS) is 10.5. The Bertz CT molecular complexity index is 889. The summed E-state index contributed by atoms with van der Waals surface area (Å²) in [6, 6.07) is 15.9. The fourth-order valence-electron chi connectivity index (χ4n) is 2.19. The minimum absolute atomic E-state index is 0.166. The van der Waals surface area contributed by atoms with Gasteiger partial charge in [-0.3, -0.25) is 9.59 Å². The minimum atomic E-state index is -0.198. The topological polar surface area (TPSA) is 48.3 Å². The highest BCUT2D eigenvalue weighted by atomic mass is 32.1. The Morgan fingerprint density at radius 2 is 1.70 bits per heavy atom. The standard InChI is InChI=1S/C18H15NO3S/c1-12-3-7-14(8-4-12)19-17(20)11-16(23-19)18(21)13-5-9-15(22-2)10-6-13/h3-11H,1-2H3. The Labute approximate surface area is 137 Å². The number of nitrogens with zero attached hydrogens (tertiary/aromatic N) is 1. The number of carbonyl (C=O) groups excluding carboxylic acids is 1. The number of ketones is 1. The molecule has 0 unspecified atom stereocenters. The van der Waals surface area contributed by atoms with Crippen LogP contribution in [0.15, 0.2) is 59.4 Å². The molecular formula is C18H15NO3S. The molecule has 0 radical (unpaired) electrons. The highest BCUT2D eigenvalue weighted by molar-refractivity contribution is 7.09. The number of benzene rings is 2. The van der Waals surface area contributed by atoms with Gasteiger partial charge in [0, 0.05) is 11.6 Å². The summed E-state index contributed by atoms with van der Waals surface area (Å²) >= 11 is 1.15. The molecule has 3 aromatic rings. The van der Waals surface area contributed by atoms with Crippen LogP contribution in [0.1, 0.15) is 20.8 Å². The Kier molecular flexibility index (Phi) is 4.12. The number of aryl methyl sites for hydroxylation is 1. The lowest BCUT2D eigenvalue weighted by atomic mass is 10.1. The average Bonchev–Trinajstić information content (AvgIpc) is 2.97. The summed E-state index contributed by atoms with van der Waals surface area (Å²) in [7, 11) is 1.57. The van der Waals surface area contributed by atoms with Crippen LogP contribution >= 0.6 is 11.5 Å². The van der Waals surface area contributed by atoms with Crippen molar-refractivity contribution in [2.45, 2.75) is 6.92 Å². The fraction of sp³-hybridized carbons (Fsp3) is 0.111. The van der Waals surface area contributed by atoms with Crippen LogP contribution in [0, 0.1) is 6.92 Å². The number of methoxy groups -OCH3 is 1. The van der Waals surface area contributed by atoms with Crippen molar-refractivity contribution in [1.29, 1.82) is 0 Å². The van der Waals surface area contributed by atoms with Gasteiger partial charge in [0.05, 0.1) is 17.7 Å². The third-order valence-corrected chi connectivity index (χ3v) is 4.56. The van der Waals surface area contributed by atoms with Gasteiger partial charge in [0.25, 0.3) is 5.56 Å². The van der Waals surface area contributed by atoms with E-state index in [1.807, 2.05) is 31.2 Å². The van der Waals surface area contributed by atoms with Crippen molar-refractivity contribution < 1.29 is 9.53 Å². The van der Waals surface area contributed by atoms with Gasteiger partial charge < -0.3 is 4.74 Å². The predicted molar refractivity (Wildman–Crippen MR) is 91.1 cm³/mol. The van der Waals surface area contributed by atoms with Gasteiger partial charge in [0.15, 0.2) is 0 Å². The fourth-order valence-corrected chi connectivity index (χ4v) is 3.11. The Morgan fingerprint density at radius 1 is 1.04 bits per heavy atom. The van der Waals surface area contributed by atoms with Crippen LogP contribution in [0.3, 0.4) is 0 Å². The first-order chi connectivity index (χ1) is 11.1. The lowest BCUT2D eigenvalue weighted by Gasteiger charge is -2.02. The summed E-state index contributed by atoms with van der Waals surface area (Å²) in [5.74, 6) is 0.521. The maximum atomic E-state index is 12.5. The van der Waals surface area contributed by atoms with Crippen molar-refractivity contribution in [3.63, 3.8) is 0 Å². The minimum Gasteiger partial charge on any atom is -0.497 e. The summed E-state index contributed by atoms with van der Waals surface area (Å²) in [4.78, 5) is 25.1. The first kappa shape index (κ1) is 15.2. The molecule has 0 bridgehead atoms. The molecule has 0 amide bonds. The molecule has 5 heteroatoms. The third kappa shape index (κ3) is 3.10. The van der Waals surface area contributed by atoms with Gasteiger partial charge in [-0.1, -0.05) is 17.7 Å². The maximum Gasteiger partial charge on any atom is 0.266 e. The van der Waals surface area contributed by atoms with E-state index in [4.69, 9.17) is 4.74 Å². The lowest BCUT2D eigenvalue weighted by Crippen LogP contribution is -2.09. The molecule has 0 spiro atoms. The second-order valence-electron chi connectivity index (χ2n) is 5.13. The number of ether oxygens (including phenoxy) is 1. The van der Waals surface area contributed by atoms with E-state index in [0.29, 0.717) is 16.2 Å². The summed E-state index contributed by atoms with van der Waals surface area (Å²) in [5, 5.41) is 0. The van der Waals surface area contributed by atoms with Crippen molar-refractivity contribution >= 4 is 17.3 Å². The van der Waals surface area contributed by atoms with Crippen molar-refractivity contribution in [2.24, 2.45) is 0 Å². The van der Waals surface area contributed by atoms with Crippen LogP contribution in [0.5, 0.6) is 5.75 Å². The second-order valence-corrected chi connectivity index (χ2v) is 6.11. The number of aromatic nitrogens is 1. The largest absolute Gasteiger partial charge is 0.497 e. The van der Waals surface area contributed by atoms with Crippen molar-refractivity contribution in [1.82, 2.24) is 3.96 Å². The van der Waals surface area contributed by atoms with E-state index in [-0.39, 0.29) is 11.3 Å². The summed E-state index contributed by atoms with van der Waals surface area (Å²) in [6.07, 6.45) is 0. The van der Waals surface area contributed by atoms with E-state index in [2.05, 4.69) is 0 Å². The Hall–Kier alpha value is -2.66. The smallest absolute Gasteiger partial charge is 0.266 e. The van der Waals surface area contributed by atoms with Gasteiger partial charge in [-0.15, -0.1) is 0 Å². The number of rotatable bonds is 4. The quantitative estimate of drug-likeness (QED) is 0.690. The Morgan fingerprint density at radius 3 is 2.30 bits per heavy atom. The molecule has 0 aliphatic rings. The van der Waals surface area contributed by atoms with Crippen molar-refractivity contribution in [2.75, 3.05) is 7.11 Å². The molecule has 0 fully saturated rings. The zero-order chi connectivity index (χ0) is 16.4. The third-order valence-electron chi connectivity index (χ3n) is 3.49. The monoisotopic (exact) mass is 325 g/mol. The van der Waals surface area contributed by atoms with Gasteiger partial charge in [-0.05, 0) is 54.9 Å². The SMILES string of the molecule is COc1ccc(C(=O)c2cc(=O)n(-c3ccc(C)cc3)s2)cc1. The highest BCUT2D eigenvalue weighted by Crippen LogP contribution is 2.19. The molecule has 0 N–H and O–H groups in total. The van der Waals surface area contributed by atoms with E-state index in [1.54, 1.807) is 31.4 Å². The molecule has 2 aromatic carbocycles. The summed E-state index contributed by atoms with van der Waals surface area (Å²) < 4.78 is 6.61. The van der Waals surface area contributed by atoms with Crippen LogP contribution < -0.4 is 10.3 Å². The van der Waals surface area contributed by atoms with Gasteiger partial charge >= 0.3 is 0 Å². The molecule has 0 atom stereocenters. The molecule has 0 aliphatic carbocycles. The van der Waals surface area contributed by atoms with Gasteiger partial charge in [0.2, 0.25) is 5.78 Å². The summed E-state index contributed by atoms with van der Waals surface area (Å²) in [6.45, 7) is 1.99. The van der Waals surface area contributed by atoms with E-state index < -0.39 is 0 Å². The average molecular weight is 325 g/mol. The van der Waals surface area contributed by atoms with Crippen molar-refractivity contribution in [3.05, 3.63) is 81.0 Å². The predicted octanol–water partition coefficient (Wildman–Crippen LogP) is 3.45. The Balaban J connectivity index is 1.94. The zero-order valence-corrected chi connectivity index (χ0v) is 13.6. The number of hydrogen-bond donors (Lipinski definition) is 0. The van der Waals surface area contributed by atoms with Gasteiger partial charge in [-0.2, -0.15) is 0 Å². The molecule has 116 valence electrons. The molecule has 0 saturated heterocycles. The summed E-state index contributed by atoms with van der Waals surface area (Å²) in [5.41, 5.74) is 2.21. The molecule has 0 aliphatic heterocycles.